The first-order chi connectivity index (χ1) is 10.2. The molecule has 1 unspecified atom stereocenters. The second-order valence-electron chi connectivity index (χ2n) is 5.73. The highest BCUT2D eigenvalue weighted by Crippen LogP contribution is 2.16. The molecule has 0 fully saturated rings. The monoisotopic (exact) mass is 303 g/mol. The van der Waals surface area contributed by atoms with Gasteiger partial charge in [-0.25, -0.2) is 4.98 Å². The highest BCUT2D eigenvalue weighted by molar-refractivity contribution is 7.07. The van der Waals surface area contributed by atoms with Gasteiger partial charge < -0.3 is 9.88 Å². The molecule has 3 rings (SSSR count). The van der Waals surface area contributed by atoms with E-state index in [1.807, 2.05) is 0 Å². The third-order valence-corrected chi connectivity index (χ3v) is 4.68. The first kappa shape index (κ1) is 14.3. The molecule has 3 heterocycles. The van der Waals surface area contributed by atoms with Crippen LogP contribution < -0.4 is 5.32 Å². The number of nitrogens with zero attached hydrogens (tertiary/aromatic N) is 2. The van der Waals surface area contributed by atoms with Gasteiger partial charge in [-0.05, 0) is 48.6 Å². The Labute approximate surface area is 129 Å². The molecule has 1 aliphatic heterocycles. The molecular formula is C16H21N3OS. The molecule has 5 heteroatoms. The van der Waals surface area contributed by atoms with Gasteiger partial charge in [0.15, 0.2) is 0 Å². The number of hydrogen-bond donors (Lipinski definition) is 1. The number of hydrogen-bond acceptors (Lipinski definition) is 3. The number of aromatic nitrogens is 2. The Morgan fingerprint density at radius 1 is 1.48 bits per heavy atom. The first-order valence-corrected chi connectivity index (χ1v) is 8.54. The number of carbonyl (C=O) groups excluding carboxylic acids is 1. The average molecular weight is 303 g/mol. The summed E-state index contributed by atoms with van der Waals surface area (Å²) in [7, 11) is 0. The van der Waals surface area contributed by atoms with Crippen LogP contribution in [0.3, 0.4) is 0 Å². The van der Waals surface area contributed by atoms with Gasteiger partial charge in [-0.2, -0.15) is 11.3 Å². The normalized spacial score (nSPS) is 16.0. The van der Waals surface area contributed by atoms with Crippen LogP contribution in [-0.2, 0) is 19.4 Å². The van der Waals surface area contributed by atoms with Crippen molar-refractivity contribution in [2.24, 2.45) is 0 Å². The lowest BCUT2D eigenvalue weighted by Gasteiger charge is -2.14. The van der Waals surface area contributed by atoms with E-state index in [4.69, 9.17) is 0 Å². The minimum absolute atomic E-state index is 0.00150. The molecule has 2 aromatic heterocycles. The molecule has 0 aromatic carbocycles. The maximum absolute atomic E-state index is 12.5. The minimum Gasteiger partial charge on any atom is -0.348 e. The van der Waals surface area contributed by atoms with Crippen LogP contribution in [0.1, 0.15) is 48.1 Å². The largest absolute Gasteiger partial charge is 0.348 e. The van der Waals surface area contributed by atoms with Gasteiger partial charge in [0, 0.05) is 19.0 Å². The van der Waals surface area contributed by atoms with E-state index in [0.29, 0.717) is 5.69 Å². The number of aryl methyl sites for hydroxylation is 1. The summed E-state index contributed by atoms with van der Waals surface area (Å²) < 4.78 is 2.10. The molecule has 0 bridgehead atoms. The third kappa shape index (κ3) is 3.35. The van der Waals surface area contributed by atoms with Gasteiger partial charge in [0.05, 0.1) is 6.20 Å². The van der Waals surface area contributed by atoms with E-state index in [0.717, 1.165) is 31.6 Å². The predicted molar refractivity (Wildman–Crippen MR) is 84.7 cm³/mol. The zero-order valence-electron chi connectivity index (χ0n) is 12.3. The summed E-state index contributed by atoms with van der Waals surface area (Å²) in [4.78, 5) is 16.9. The number of amides is 1. The number of nitrogens with one attached hydrogen (secondary N) is 1. The first-order valence-electron chi connectivity index (χ1n) is 7.60. The van der Waals surface area contributed by atoms with Crippen LogP contribution in [0.5, 0.6) is 0 Å². The van der Waals surface area contributed by atoms with Crippen molar-refractivity contribution >= 4 is 17.2 Å². The van der Waals surface area contributed by atoms with Crippen molar-refractivity contribution in [1.82, 2.24) is 14.9 Å². The van der Waals surface area contributed by atoms with Crippen LogP contribution in [0.4, 0.5) is 0 Å². The van der Waals surface area contributed by atoms with E-state index in [-0.39, 0.29) is 11.9 Å². The number of fused-ring (bicyclic) bond motifs is 1. The fourth-order valence-corrected chi connectivity index (χ4v) is 3.57. The number of thiophene rings is 1. The van der Waals surface area contributed by atoms with Crippen LogP contribution in [0, 0.1) is 0 Å². The van der Waals surface area contributed by atoms with Gasteiger partial charge in [0.25, 0.3) is 5.91 Å². The van der Waals surface area contributed by atoms with E-state index in [1.165, 1.54) is 18.4 Å². The minimum atomic E-state index is -0.00150. The van der Waals surface area contributed by atoms with Gasteiger partial charge in [0.1, 0.15) is 11.5 Å². The van der Waals surface area contributed by atoms with Gasteiger partial charge in [0.2, 0.25) is 0 Å². The van der Waals surface area contributed by atoms with Crippen molar-refractivity contribution < 1.29 is 4.79 Å². The molecule has 4 nitrogen and oxygen atoms in total. The third-order valence-electron chi connectivity index (χ3n) is 3.95. The SMILES string of the molecule is CC(Cc1ccsc1)NC(=O)c1cnc2n1CCCCC2. The highest BCUT2D eigenvalue weighted by Gasteiger charge is 2.19. The smallest absolute Gasteiger partial charge is 0.269 e. The van der Waals surface area contributed by atoms with E-state index < -0.39 is 0 Å². The van der Waals surface area contributed by atoms with Crippen molar-refractivity contribution in [2.75, 3.05) is 0 Å². The summed E-state index contributed by atoms with van der Waals surface area (Å²) in [6.45, 7) is 2.96. The molecule has 0 saturated heterocycles. The standard InChI is InChI=1S/C16H21N3OS/c1-12(9-13-6-8-21-11-13)18-16(20)14-10-17-15-5-3-2-4-7-19(14)15/h6,8,10-12H,2-5,7,9H2,1H3,(H,18,20). The van der Waals surface area contributed by atoms with E-state index in [9.17, 15) is 4.79 Å². The van der Waals surface area contributed by atoms with Crippen molar-refractivity contribution in [1.29, 1.82) is 0 Å². The molecule has 1 N–H and O–H groups in total. The fourth-order valence-electron chi connectivity index (χ4n) is 2.89. The Morgan fingerprint density at radius 2 is 2.38 bits per heavy atom. The van der Waals surface area contributed by atoms with E-state index >= 15 is 0 Å². The van der Waals surface area contributed by atoms with Crippen molar-refractivity contribution in [3.63, 3.8) is 0 Å². The van der Waals surface area contributed by atoms with Gasteiger partial charge in [-0.15, -0.1) is 0 Å². The van der Waals surface area contributed by atoms with Crippen molar-refractivity contribution in [3.05, 3.63) is 40.1 Å². The molecule has 0 spiro atoms. The zero-order valence-corrected chi connectivity index (χ0v) is 13.2. The maximum atomic E-state index is 12.5. The summed E-state index contributed by atoms with van der Waals surface area (Å²) in [5.41, 5.74) is 1.99. The Balaban J connectivity index is 1.66. The number of carbonyl (C=O) groups is 1. The molecule has 1 atom stereocenters. The van der Waals surface area contributed by atoms with Crippen molar-refractivity contribution in [3.8, 4) is 0 Å². The molecule has 2 aromatic rings. The molecule has 1 aliphatic rings. The highest BCUT2D eigenvalue weighted by atomic mass is 32.1. The molecule has 1 amide bonds. The summed E-state index contributed by atoms with van der Waals surface area (Å²) >= 11 is 1.69. The van der Waals surface area contributed by atoms with Gasteiger partial charge in [-0.3, -0.25) is 4.79 Å². The molecular weight excluding hydrogens is 282 g/mol. The summed E-state index contributed by atoms with van der Waals surface area (Å²) in [6, 6.07) is 2.24. The van der Waals surface area contributed by atoms with Crippen LogP contribution in [0.15, 0.2) is 23.0 Å². The zero-order chi connectivity index (χ0) is 14.7. The number of rotatable bonds is 4. The number of imidazole rings is 1. The quantitative estimate of drug-likeness (QED) is 0.943. The van der Waals surface area contributed by atoms with Gasteiger partial charge >= 0.3 is 0 Å². The second kappa shape index (κ2) is 6.43. The topological polar surface area (TPSA) is 46.9 Å². The Kier molecular flexibility index (Phi) is 4.39. The molecule has 0 saturated carbocycles. The van der Waals surface area contributed by atoms with Crippen molar-refractivity contribution in [2.45, 2.75) is 51.6 Å². The molecule has 112 valence electrons. The van der Waals surface area contributed by atoms with E-state index in [2.05, 4.69) is 38.6 Å². The Morgan fingerprint density at radius 3 is 3.19 bits per heavy atom. The van der Waals surface area contributed by atoms with Crippen LogP contribution >= 0.6 is 11.3 Å². The van der Waals surface area contributed by atoms with Crippen LogP contribution in [0.25, 0.3) is 0 Å². The van der Waals surface area contributed by atoms with E-state index in [1.54, 1.807) is 17.5 Å². The van der Waals surface area contributed by atoms with Gasteiger partial charge in [-0.1, -0.05) is 6.42 Å². The molecule has 0 radical (unpaired) electrons. The lowest BCUT2D eigenvalue weighted by atomic mass is 10.1. The summed E-state index contributed by atoms with van der Waals surface area (Å²) in [5.74, 6) is 1.06. The predicted octanol–water partition coefficient (Wildman–Crippen LogP) is 3.03. The Hall–Kier alpha value is -1.62. The molecule has 21 heavy (non-hydrogen) atoms. The summed E-state index contributed by atoms with van der Waals surface area (Å²) in [6.07, 6.45) is 7.11. The summed E-state index contributed by atoms with van der Waals surface area (Å²) in [5, 5.41) is 7.30. The fraction of sp³-hybridized carbons (Fsp3) is 0.500. The maximum Gasteiger partial charge on any atom is 0.269 e. The average Bonchev–Trinajstić information content (AvgIpc) is 3.04. The lowest BCUT2D eigenvalue weighted by molar-refractivity contribution is 0.0930. The molecule has 0 aliphatic carbocycles. The Bertz CT molecular complexity index is 603. The second-order valence-corrected chi connectivity index (χ2v) is 6.51. The van der Waals surface area contributed by atoms with Crippen LogP contribution in [0.2, 0.25) is 0 Å². The van der Waals surface area contributed by atoms with Crippen LogP contribution in [-0.4, -0.2) is 21.5 Å². The lowest BCUT2D eigenvalue weighted by Crippen LogP contribution is -2.35.